The zero-order valence-corrected chi connectivity index (χ0v) is 16.5. The summed E-state index contributed by atoms with van der Waals surface area (Å²) >= 11 is -2.56. The number of carbonyl (C=O) groups is 1. The lowest BCUT2D eigenvalue weighted by Gasteiger charge is -2.10. The second kappa shape index (κ2) is 10.4. The van der Waals surface area contributed by atoms with Gasteiger partial charge in [0.25, 0.3) is 0 Å². The maximum absolute atomic E-state index is 11.4. The van der Waals surface area contributed by atoms with Gasteiger partial charge >= 0.3 is 0 Å². The number of hydrogen-bond acceptors (Lipinski definition) is 5. The molecule has 0 aromatic heterocycles. The van der Waals surface area contributed by atoms with E-state index in [9.17, 15) is 13.6 Å². The largest absolute Gasteiger partial charge is 0.755 e. The van der Waals surface area contributed by atoms with Crippen LogP contribution in [-0.4, -0.2) is 14.7 Å². The van der Waals surface area contributed by atoms with Gasteiger partial charge in [0.1, 0.15) is 11.5 Å². The molecule has 0 radical (unpaired) electrons. The monoisotopic (exact) mass is 409 g/mol. The normalized spacial score (nSPS) is 11.5. The SMILES string of the molecule is O=C(CCc1ccc(NCc2cccc(Oc3ccccc3)c2)cc1)NS(=O)[O-]. The Kier molecular flexibility index (Phi) is 7.38. The van der Waals surface area contributed by atoms with Crippen LogP contribution in [-0.2, 0) is 29.0 Å². The van der Waals surface area contributed by atoms with E-state index < -0.39 is 17.2 Å². The highest BCUT2D eigenvalue weighted by Crippen LogP contribution is 2.22. The van der Waals surface area contributed by atoms with Crippen molar-refractivity contribution in [3.8, 4) is 11.5 Å². The molecule has 0 saturated heterocycles. The van der Waals surface area contributed by atoms with Gasteiger partial charge in [0, 0.05) is 29.9 Å². The van der Waals surface area contributed by atoms with Gasteiger partial charge in [-0.05, 0) is 53.9 Å². The molecule has 2 N–H and O–H groups in total. The van der Waals surface area contributed by atoms with Crippen LogP contribution in [0.1, 0.15) is 17.5 Å². The van der Waals surface area contributed by atoms with Crippen LogP contribution in [0.15, 0.2) is 78.9 Å². The quantitative estimate of drug-likeness (QED) is 0.523. The molecule has 3 rings (SSSR count). The minimum atomic E-state index is -2.56. The van der Waals surface area contributed by atoms with Gasteiger partial charge < -0.3 is 14.6 Å². The lowest BCUT2D eigenvalue weighted by Crippen LogP contribution is -2.25. The summed E-state index contributed by atoms with van der Waals surface area (Å²) in [6, 6.07) is 25.2. The second-order valence-corrected chi connectivity index (χ2v) is 7.05. The summed E-state index contributed by atoms with van der Waals surface area (Å²) in [6.07, 6.45) is 0.594. The number of aryl methyl sites for hydroxylation is 1. The van der Waals surface area contributed by atoms with Gasteiger partial charge in [-0.1, -0.05) is 42.5 Å². The first-order chi connectivity index (χ1) is 14.1. The first-order valence-electron chi connectivity index (χ1n) is 9.12. The van der Waals surface area contributed by atoms with E-state index in [1.807, 2.05) is 83.6 Å². The lowest BCUT2D eigenvalue weighted by molar-refractivity contribution is -0.119. The van der Waals surface area contributed by atoms with Crippen LogP contribution in [0.3, 0.4) is 0 Å². The van der Waals surface area contributed by atoms with Crippen LogP contribution in [0.2, 0.25) is 0 Å². The van der Waals surface area contributed by atoms with E-state index in [1.165, 1.54) is 0 Å². The third kappa shape index (κ3) is 7.06. The number of nitrogens with one attached hydrogen (secondary N) is 2. The molecule has 0 aliphatic carbocycles. The molecule has 0 bridgehead atoms. The molecule has 1 amide bonds. The Morgan fingerprint density at radius 2 is 1.62 bits per heavy atom. The van der Waals surface area contributed by atoms with Gasteiger partial charge in [0.15, 0.2) is 0 Å². The lowest BCUT2D eigenvalue weighted by atomic mass is 10.1. The van der Waals surface area contributed by atoms with E-state index in [4.69, 9.17) is 4.74 Å². The third-order valence-corrected chi connectivity index (χ3v) is 4.56. The maximum Gasteiger partial charge on any atom is 0.231 e. The summed E-state index contributed by atoms with van der Waals surface area (Å²) < 4.78 is 28.5. The molecule has 7 heteroatoms. The fourth-order valence-electron chi connectivity index (χ4n) is 2.74. The molecular weight excluding hydrogens is 388 g/mol. The number of carbonyl (C=O) groups excluding carboxylic acids is 1. The zero-order chi connectivity index (χ0) is 20.5. The molecule has 1 atom stereocenters. The average Bonchev–Trinajstić information content (AvgIpc) is 2.72. The Morgan fingerprint density at radius 1 is 0.897 bits per heavy atom. The Labute approximate surface area is 172 Å². The van der Waals surface area contributed by atoms with Crippen molar-refractivity contribution in [2.24, 2.45) is 0 Å². The fraction of sp³-hybridized carbons (Fsp3) is 0.136. The van der Waals surface area contributed by atoms with Crippen molar-refractivity contribution in [2.45, 2.75) is 19.4 Å². The van der Waals surface area contributed by atoms with E-state index in [-0.39, 0.29) is 6.42 Å². The molecule has 0 heterocycles. The van der Waals surface area contributed by atoms with Crippen LogP contribution in [0.4, 0.5) is 5.69 Å². The Morgan fingerprint density at radius 3 is 2.34 bits per heavy atom. The Balaban J connectivity index is 1.50. The number of amides is 1. The topological polar surface area (TPSA) is 90.5 Å². The number of para-hydroxylation sites is 1. The standard InChI is InChI=1S/C22H22N2O4S/c25-22(24-29(26)27)14-11-17-9-12-19(13-10-17)23-16-18-5-4-8-21(15-18)28-20-6-2-1-3-7-20/h1-10,12-13,15,23H,11,14,16H2,(H,24,25)(H,26,27)/p-1. The molecule has 0 saturated carbocycles. The van der Waals surface area contributed by atoms with Crippen LogP contribution >= 0.6 is 0 Å². The van der Waals surface area contributed by atoms with Gasteiger partial charge in [-0.25, -0.2) is 0 Å². The molecule has 3 aromatic carbocycles. The van der Waals surface area contributed by atoms with Crippen molar-refractivity contribution in [3.63, 3.8) is 0 Å². The Hall–Kier alpha value is -3.16. The third-order valence-electron chi connectivity index (χ3n) is 4.17. The summed E-state index contributed by atoms with van der Waals surface area (Å²) in [4.78, 5) is 11.4. The Bertz CT molecular complexity index is 962. The number of ether oxygens (including phenoxy) is 1. The molecular formula is C22H21N2O4S-. The molecule has 0 fully saturated rings. The van der Waals surface area contributed by atoms with Crippen LogP contribution in [0.25, 0.3) is 0 Å². The van der Waals surface area contributed by atoms with Crippen molar-refractivity contribution < 1.29 is 18.3 Å². The molecule has 0 aliphatic heterocycles. The first kappa shape index (κ1) is 20.6. The highest BCUT2D eigenvalue weighted by molar-refractivity contribution is 7.77. The van der Waals surface area contributed by atoms with Gasteiger partial charge in [-0.2, -0.15) is 0 Å². The van der Waals surface area contributed by atoms with E-state index in [1.54, 1.807) is 0 Å². The van der Waals surface area contributed by atoms with Crippen molar-refractivity contribution in [1.82, 2.24) is 4.72 Å². The van der Waals surface area contributed by atoms with Gasteiger partial charge in [0.2, 0.25) is 5.91 Å². The minimum Gasteiger partial charge on any atom is -0.755 e. The van der Waals surface area contributed by atoms with Crippen LogP contribution in [0, 0.1) is 0 Å². The molecule has 3 aromatic rings. The van der Waals surface area contributed by atoms with E-state index >= 15 is 0 Å². The number of anilines is 1. The van der Waals surface area contributed by atoms with E-state index in [2.05, 4.69) is 5.32 Å². The van der Waals surface area contributed by atoms with Crippen LogP contribution in [0.5, 0.6) is 11.5 Å². The average molecular weight is 409 g/mol. The molecule has 0 spiro atoms. The van der Waals surface area contributed by atoms with Gasteiger partial charge in [-0.3, -0.25) is 13.7 Å². The number of hydrogen-bond donors (Lipinski definition) is 2. The molecule has 0 aliphatic rings. The molecule has 6 nitrogen and oxygen atoms in total. The van der Waals surface area contributed by atoms with Gasteiger partial charge in [-0.15, -0.1) is 0 Å². The number of rotatable bonds is 9. The highest BCUT2D eigenvalue weighted by atomic mass is 32.2. The predicted molar refractivity (Wildman–Crippen MR) is 112 cm³/mol. The van der Waals surface area contributed by atoms with Crippen molar-refractivity contribution >= 4 is 22.9 Å². The zero-order valence-electron chi connectivity index (χ0n) is 15.7. The summed E-state index contributed by atoms with van der Waals surface area (Å²) in [6.45, 7) is 0.642. The second-order valence-electron chi connectivity index (χ2n) is 6.37. The maximum atomic E-state index is 11.4. The van der Waals surface area contributed by atoms with E-state index in [0.29, 0.717) is 13.0 Å². The molecule has 29 heavy (non-hydrogen) atoms. The van der Waals surface area contributed by atoms with Crippen LogP contribution < -0.4 is 14.8 Å². The van der Waals surface area contributed by atoms with Crippen molar-refractivity contribution in [3.05, 3.63) is 90.0 Å². The summed E-state index contributed by atoms with van der Waals surface area (Å²) in [5, 5.41) is 3.35. The molecule has 150 valence electrons. The number of benzene rings is 3. The van der Waals surface area contributed by atoms with Crippen molar-refractivity contribution in [2.75, 3.05) is 5.32 Å². The van der Waals surface area contributed by atoms with Crippen molar-refractivity contribution in [1.29, 1.82) is 0 Å². The summed E-state index contributed by atoms with van der Waals surface area (Å²) in [5.74, 6) is 1.06. The smallest absolute Gasteiger partial charge is 0.231 e. The van der Waals surface area contributed by atoms with E-state index in [0.717, 1.165) is 28.3 Å². The van der Waals surface area contributed by atoms with Gasteiger partial charge in [0.05, 0.1) is 0 Å². The fourth-order valence-corrected chi connectivity index (χ4v) is 3.03. The minimum absolute atomic E-state index is 0.120. The predicted octanol–water partition coefficient (Wildman–Crippen LogP) is 3.93. The summed E-state index contributed by atoms with van der Waals surface area (Å²) in [5.41, 5.74) is 3.00. The highest BCUT2D eigenvalue weighted by Gasteiger charge is 2.03. The summed E-state index contributed by atoms with van der Waals surface area (Å²) in [7, 11) is 0. The first-order valence-corrected chi connectivity index (χ1v) is 10.2. The molecule has 1 unspecified atom stereocenters.